The van der Waals surface area contributed by atoms with Crippen molar-refractivity contribution in [1.82, 2.24) is 4.98 Å². The van der Waals surface area contributed by atoms with Crippen LogP contribution in [0.1, 0.15) is 12.5 Å². The molecule has 0 aliphatic heterocycles. The van der Waals surface area contributed by atoms with Crippen LogP contribution in [0.5, 0.6) is 0 Å². The number of carbonyl (C=O) groups is 1. The van der Waals surface area contributed by atoms with E-state index in [9.17, 15) is 18.0 Å². The number of nitrogens with zero attached hydrogens (tertiary/aromatic N) is 2. The molecule has 0 fully saturated rings. The minimum atomic E-state index is -4.94. The van der Waals surface area contributed by atoms with E-state index in [1.54, 1.807) is 6.92 Å². The summed E-state index contributed by atoms with van der Waals surface area (Å²) in [5.41, 5.74) is 2.34. The Morgan fingerprint density at radius 1 is 1.23 bits per heavy atom. The van der Waals surface area contributed by atoms with Crippen LogP contribution in [0.15, 0.2) is 45.3 Å². The standard InChI is InChI=1S/C18H14BrF3N2O2/c1-3-24(17(25)18(20,21)22)13-8-10(2)15-14(9-13)23-16(26-15)11-4-6-12(19)7-5-11/h4-9H,3H2,1-2H3. The molecule has 0 spiro atoms. The van der Waals surface area contributed by atoms with Gasteiger partial charge in [0, 0.05) is 22.3 Å². The molecule has 0 saturated heterocycles. The Labute approximate surface area is 155 Å². The van der Waals surface area contributed by atoms with Gasteiger partial charge in [-0.2, -0.15) is 13.2 Å². The van der Waals surface area contributed by atoms with Crippen LogP contribution >= 0.6 is 15.9 Å². The topological polar surface area (TPSA) is 46.3 Å². The van der Waals surface area contributed by atoms with E-state index in [1.807, 2.05) is 24.3 Å². The molecule has 1 amide bonds. The van der Waals surface area contributed by atoms with Gasteiger partial charge in [0.25, 0.3) is 0 Å². The molecule has 136 valence electrons. The lowest BCUT2D eigenvalue weighted by molar-refractivity contribution is -0.170. The van der Waals surface area contributed by atoms with Crippen LogP contribution in [0.3, 0.4) is 0 Å². The van der Waals surface area contributed by atoms with Gasteiger partial charge in [-0.1, -0.05) is 15.9 Å². The molecule has 8 heteroatoms. The summed E-state index contributed by atoms with van der Waals surface area (Å²) < 4.78 is 45.1. The quantitative estimate of drug-likeness (QED) is 0.556. The molecule has 3 aromatic rings. The number of fused-ring (bicyclic) bond motifs is 1. The first-order valence-corrected chi connectivity index (χ1v) is 8.56. The second kappa shape index (κ2) is 6.75. The highest BCUT2D eigenvalue weighted by molar-refractivity contribution is 9.10. The van der Waals surface area contributed by atoms with Gasteiger partial charge in [0.05, 0.1) is 0 Å². The zero-order valence-electron chi connectivity index (χ0n) is 13.9. The Bertz CT molecular complexity index is 965. The van der Waals surface area contributed by atoms with E-state index in [4.69, 9.17) is 4.42 Å². The fourth-order valence-electron chi connectivity index (χ4n) is 2.65. The third kappa shape index (κ3) is 3.46. The predicted octanol–water partition coefficient (Wildman–Crippen LogP) is 5.48. The van der Waals surface area contributed by atoms with Crippen LogP contribution < -0.4 is 4.90 Å². The van der Waals surface area contributed by atoms with Crippen molar-refractivity contribution < 1.29 is 22.4 Å². The van der Waals surface area contributed by atoms with E-state index >= 15 is 0 Å². The molecule has 4 nitrogen and oxygen atoms in total. The third-order valence-corrected chi connectivity index (χ3v) is 4.40. The monoisotopic (exact) mass is 426 g/mol. The maximum Gasteiger partial charge on any atom is 0.471 e. The lowest BCUT2D eigenvalue weighted by atomic mass is 10.1. The molecule has 0 aliphatic rings. The number of aromatic nitrogens is 1. The third-order valence-electron chi connectivity index (χ3n) is 3.87. The van der Waals surface area contributed by atoms with Gasteiger partial charge in [0.15, 0.2) is 5.58 Å². The molecule has 1 aromatic heterocycles. The summed E-state index contributed by atoms with van der Waals surface area (Å²) in [6, 6.07) is 10.2. The smallest absolute Gasteiger partial charge is 0.436 e. The van der Waals surface area contributed by atoms with Crippen molar-refractivity contribution in [2.24, 2.45) is 0 Å². The highest BCUT2D eigenvalue weighted by atomic mass is 79.9. The highest BCUT2D eigenvalue weighted by Crippen LogP contribution is 2.32. The number of hydrogen-bond acceptors (Lipinski definition) is 3. The summed E-state index contributed by atoms with van der Waals surface area (Å²) in [5.74, 6) is -1.55. The fraction of sp³-hybridized carbons (Fsp3) is 0.222. The van der Waals surface area contributed by atoms with E-state index in [1.165, 1.54) is 19.1 Å². The second-order valence-corrected chi connectivity index (χ2v) is 6.60. The Morgan fingerprint density at radius 2 is 1.88 bits per heavy atom. The minimum Gasteiger partial charge on any atom is -0.436 e. The SMILES string of the molecule is CCN(C(=O)C(F)(F)F)c1cc(C)c2oc(-c3ccc(Br)cc3)nc2c1. The molecular formula is C18H14BrF3N2O2. The first-order valence-electron chi connectivity index (χ1n) is 7.76. The molecule has 2 aromatic carbocycles. The number of amides is 1. The summed E-state index contributed by atoms with van der Waals surface area (Å²) in [6.07, 6.45) is -4.94. The average molecular weight is 427 g/mol. The van der Waals surface area contributed by atoms with Crippen LogP contribution in [0.4, 0.5) is 18.9 Å². The average Bonchev–Trinajstić information content (AvgIpc) is 3.00. The summed E-state index contributed by atoms with van der Waals surface area (Å²) >= 11 is 3.35. The largest absolute Gasteiger partial charge is 0.471 e. The number of halogens is 4. The summed E-state index contributed by atoms with van der Waals surface area (Å²) in [7, 11) is 0. The van der Waals surface area contributed by atoms with Crippen molar-refractivity contribution in [3.63, 3.8) is 0 Å². The van der Waals surface area contributed by atoms with Gasteiger partial charge in [-0.3, -0.25) is 4.79 Å². The van der Waals surface area contributed by atoms with Crippen LogP contribution in [0.2, 0.25) is 0 Å². The summed E-state index contributed by atoms with van der Waals surface area (Å²) in [6.45, 7) is 3.08. The van der Waals surface area contributed by atoms with Crippen LogP contribution in [0.25, 0.3) is 22.6 Å². The maximum atomic E-state index is 12.8. The molecule has 0 atom stereocenters. The van der Waals surface area contributed by atoms with Crippen molar-refractivity contribution in [3.8, 4) is 11.5 Å². The Morgan fingerprint density at radius 3 is 2.46 bits per heavy atom. The van der Waals surface area contributed by atoms with Crippen molar-refractivity contribution in [3.05, 3.63) is 46.4 Å². The number of aryl methyl sites for hydroxylation is 1. The first-order chi connectivity index (χ1) is 12.2. The lowest BCUT2D eigenvalue weighted by Gasteiger charge is -2.22. The zero-order chi connectivity index (χ0) is 19.1. The molecule has 3 rings (SSSR count). The van der Waals surface area contributed by atoms with Gasteiger partial charge in [-0.25, -0.2) is 4.98 Å². The van der Waals surface area contributed by atoms with Crippen molar-refractivity contribution in [1.29, 1.82) is 0 Å². The Hall–Kier alpha value is -2.35. The number of hydrogen-bond donors (Lipinski definition) is 0. The first kappa shape index (κ1) is 18.4. The number of rotatable bonds is 3. The molecule has 0 radical (unpaired) electrons. The van der Waals surface area contributed by atoms with Crippen molar-refractivity contribution >= 4 is 38.6 Å². The number of carbonyl (C=O) groups excluding carboxylic acids is 1. The molecule has 26 heavy (non-hydrogen) atoms. The highest BCUT2D eigenvalue weighted by Gasteiger charge is 2.42. The predicted molar refractivity (Wildman–Crippen MR) is 96.0 cm³/mol. The molecule has 0 saturated carbocycles. The minimum absolute atomic E-state index is 0.110. The van der Waals surface area contributed by atoms with Crippen LogP contribution in [0, 0.1) is 6.92 Å². The molecule has 0 unspecified atom stereocenters. The van der Waals surface area contributed by atoms with E-state index in [0.717, 1.165) is 10.0 Å². The van der Waals surface area contributed by atoms with Gasteiger partial charge < -0.3 is 9.32 Å². The number of alkyl halides is 3. The molecular weight excluding hydrogens is 413 g/mol. The van der Waals surface area contributed by atoms with Crippen LogP contribution in [-0.4, -0.2) is 23.6 Å². The van der Waals surface area contributed by atoms with Gasteiger partial charge >= 0.3 is 12.1 Å². The van der Waals surface area contributed by atoms with E-state index in [0.29, 0.717) is 27.5 Å². The van der Waals surface area contributed by atoms with Crippen LogP contribution in [-0.2, 0) is 4.79 Å². The second-order valence-electron chi connectivity index (χ2n) is 5.68. The van der Waals surface area contributed by atoms with Crippen molar-refractivity contribution in [2.45, 2.75) is 20.0 Å². The van der Waals surface area contributed by atoms with Gasteiger partial charge in [0.2, 0.25) is 5.89 Å². The number of anilines is 1. The normalized spacial score (nSPS) is 11.8. The van der Waals surface area contributed by atoms with Gasteiger partial charge in [-0.15, -0.1) is 0 Å². The van der Waals surface area contributed by atoms with Crippen molar-refractivity contribution in [2.75, 3.05) is 11.4 Å². The van der Waals surface area contributed by atoms with Gasteiger partial charge in [-0.05, 0) is 55.8 Å². The maximum absolute atomic E-state index is 12.8. The zero-order valence-corrected chi connectivity index (χ0v) is 15.5. The Balaban J connectivity index is 2.07. The Kier molecular flexibility index (Phi) is 4.79. The molecule has 0 bridgehead atoms. The number of oxazole rings is 1. The van der Waals surface area contributed by atoms with E-state index in [2.05, 4.69) is 20.9 Å². The van der Waals surface area contributed by atoms with E-state index in [-0.39, 0.29) is 12.2 Å². The van der Waals surface area contributed by atoms with E-state index < -0.39 is 12.1 Å². The number of benzene rings is 2. The molecule has 1 heterocycles. The van der Waals surface area contributed by atoms with Gasteiger partial charge in [0.1, 0.15) is 5.52 Å². The molecule has 0 N–H and O–H groups in total. The fourth-order valence-corrected chi connectivity index (χ4v) is 2.91. The molecule has 0 aliphatic carbocycles. The summed E-state index contributed by atoms with van der Waals surface area (Å²) in [5, 5.41) is 0. The summed E-state index contributed by atoms with van der Waals surface area (Å²) in [4.78, 5) is 16.7. The lowest BCUT2D eigenvalue weighted by Crippen LogP contribution is -2.41.